The van der Waals surface area contributed by atoms with E-state index in [0.717, 1.165) is 16.7 Å². The van der Waals surface area contributed by atoms with Crippen molar-refractivity contribution < 1.29 is 38.3 Å². The standard InChI is InChI=1S/C24H24O8/c1-26-16-7-5-15(6-8-16)22-17(21(24(25)31-22)18-9-10-30-32-18)11-14-12-19(27-2)23(29-4)20(13-14)28-3/h5-9,12-13,22H,10-11H2,1-4H3. The molecule has 0 fully saturated rings. The van der Waals surface area contributed by atoms with Gasteiger partial charge in [-0.25, -0.2) is 4.79 Å². The van der Waals surface area contributed by atoms with Crippen LogP contribution >= 0.6 is 0 Å². The Bertz CT molecular complexity index is 1040. The average Bonchev–Trinajstić information content (AvgIpc) is 3.46. The van der Waals surface area contributed by atoms with Crippen molar-refractivity contribution in [3.63, 3.8) is 0 Å². The molecule has 4 rings (SSSR count). The molecule has 8 nitrogen and oxygen atoms in total. The summed E-state index contributed by atoms with van der Waals surface area (Å²) >= 11 is 0. The Morgan fingerprint density at radius 1 is 0.938 bits per heavy atom. The van der Waals surface area contributed by atoms with Crippen molar-refractivity contribution in [3.05, 3.63) is 70.5 Å². The van der Waals surface area contributed by atoms with E-state index >= 15 is 0 Å². The van der Waals surface area contributed by atoms with Crippen LogP contribution in [-0.4, -0.2) is 41.0 Å². The van der Waals surface area contributed by atoms with Crippen LogP contribution in [0.2, 0.25) is 0 Å². The molecule has 168 valence electrons. The van der Waals surface area contributed by atoms with Gasteiger partial charge in [0.1, 0.15) is 24.0 Å². The maximum Gasteiger partial charge on any atom is 0.343 e. The zero-order valence-electron chi connectivity index (χ0n) is 18.3. The third-order valence-electron chi connectivity index (χ3n) is 5.34. The van der Waals surface area contributed by atoms with Crippen molar-refractivity contribution >= 4 is 5.97 Å². The van der Waals surface area contributed by atoms with Gasteiger partial charge in [0.05, 0.1) is 28.4 Å². The van der Waals surface area contributed by atoms with Crippen molar-refractivity contribution in [2.24, 2.45) is 0 Å². The van der Waals surface area contributed by atoms with Gasteiger partial charge < -0.3 is 28.6 Å². The van der Waals surface area contributed by atoms with Gasteiger partial charge in [-0.15, -0.1) is 0 Å². The van der Waals surface area contributed by atoms with Crippen LogP contribution in [0.1, 0.15) is 17.2 Å². The summed E-state index contributed by atoms with van der Waals surface area (Å²) in [5.41, 5.74) is 2.77. The van der Waals surface area contributed by atoms with Crippen molar-refractivity contribution in [2.45, 2.75) is 12.5 Å². The predicted molar refractivity (Wildman–Crippen MR) is 114 cm³/mol. The monoisotopic (exact) mass is 440 g/mol. The number of methoxy groups -OCH3 is 4. The maximum atomic E-state index is 12.9. The van der Waals surface area contributed by atoms with Crippen molar-refractivity contribution in [3.8, 4) is 23.0 Å². The lowest BCUT2D eigenvalue weighted by atomic mass is 9.92. The molecule has 0 radical (unpaired) electrons. The molecule has 0 saturated carbocycles. The van der Waals surface area contributed by atoms with E-state index in [1.54, 1.807) is 34.5 Å². The molecule has 2 aromatic carbocycles. The van der Waals surface area contributed by atoms with E-state index in [-0.39, 0.29) is 6.61 Å². The van der Waals surface area contributed by atoms with Crippen molar-refractivity contribution in [2.75, 3.05) is 35.0 Å². The van der Waals surface area contributed by atoms with Gasteiger partial charge in [0.15, 0.2) is 17.3 Å². The quantitative estimate of drug-likeness (QED) is 0.454. The molecule has 2 heterocycles. The Morgan fingerprint density at radius 2 is 1.62 bits per heavy atom. The molecule has 0 aliphatic carbocycles. The number of carbonyl (C=O) groups excluding carboxylic acids is 1. The SMILES string of the molecule is COc1ccc(C2OC(=O)C(C3=CCOO3)=C2Cc2cc(OC)c(OC)c(OC)c2)cc1. The molecule has 2 aliphatic rings. The number of ether oxygens (including phenoxy) is 5. The molecule has 2 aliphatic heterocycles. The van der Waals surface area contributed by atoms with Crippen LogP contribution in [0.5, 0.6) is 23.0 Å². The molecule has 0 spiro atoms. The number of hydrogen-bond acceptors (Lipinski definition) is 8. The van der Waals surface area contributed by atoms with E-state index in [2.05, 4.69) is 0 Å². The van der Waals surface area contributed by atoms with Gasteiger partial charge in [0, 0.05) is 0 Å². The molecule has 0 N–H and O–H groups in total. The van der Waals surface area contributed by atoms with Crippen LogP contribution in [0, 0.1) is 0 Å². The third-order valence-corrected chi connectivity index (χ3v) is 5.34. The lowest BCUT2D eigenvalue weighted by Crippen LogP contribution is -2.05. The van der Waals surface area contributed by atoms with E-state index < -0.39 is 12.1 Å². The molecular formula is C24H24O8. The smallest absolute Gasteiger partial charge is 0.343 e. The second kappa shape index (κ2) is 9.23. The van der Waals surface area contributed by atoms with Gasteiger partial charge in [0.25, 0.3) is 0 Å². The van der Waals surface area contributed by atoms with Crippen molar-refractivity contribution in [1.29, 1.82) is 0 Å². The normalized spacial score (nSPS) is 17.6. The largest absolute Gasteiger partial charge is 0.497 e. The summed E-state index contributed by atoms with van der Waals surface area (Å²) in [6.45, 7) is 0.261. The highest BCUT2D eigenvalue weighted by molar-refractivity contribution is 5.96. The lowest BCUT2D eigenvalue weighted by Gasteiger charge is -2.18. The summed E-state index contributed by atoms with van der Waals surface area (Å²) in [6, 6.07) is 11.1. The van der Waals surface area contributed by atoms with Gasteiger partial charge in [-0.3, -0.25) is 0 Å². The molecule has 1 atom stereocenters. The highest BCUT2D eigenvalue weighted by atomic mass is 17.2. The number of benzene rings is 2. The van der Waals surface area contributed by atoms with Crippen LogP contribution in [0.15, 0.2) is 59.4 Å². The Labute approximate surface area is 185 Å². The Kier molecular flexibility index (Phi) is 6.23. The zero-order chi connectivity index (χ0) is 22.7. The molecule has 32 heavy (non-hydrogen) atoms. The van der Waals surface area contributed by atoms with Gasteiger partial charge in [-0.2, -0.15) is 4.89 Å². The van der Waals surface area contributed by atoms with Crippen LogP contribution < -0.4 is 18.9 Å². The number of hydrogen-bond donors (Lipinski definition) is 0. The van der Waals surface area contributed by atoms with Gasteiger partial charge in [0.2, 0.25) is 5.75 Å². The second-order valence-electron chi connectivity index (χ2n) is 7.11. The first-order chi connectivity index (χ1) is 15.6. The number of rotatable bonds is 8. The minimum Gasteiger partial charge on any atom is -0.497 e. The number of esters is 1. The van der Waals surface area contributed by atoms with Crippen LogP contribution in [0.4, 0.5) is 0 Å². The fourth-order valence-corrected chi connectivity index (χ4v) is 3.83. The molecule has 8 heteroatoms. The fraction of sp³-hybridized carbons (Fsp3) is 0.292. The van der Waals surface area contributed by atoms with Crippen molar-refractivity contribution in [1.82, 2.24) is 0 Å². The second-order valence-corrected chi connectivity index (χ2v) is 7.11. The van der Waals surface area contributed by atoms with Gasteiger partial charge in [-0.05, 0) is 53.5 Å². The summed E-state index contributed by atoms with van der Waals surface area (Å²) in [6.07, 6.45) is 1.50. The van der Waals surface area contributed by atoms with E-state index in [0.29, 0.717) is 40.8 Å². The molecule has 0 bridgehead atoms. The molecule has 1 unspecified atom stereocenters. The van der Waals surface area contributed by atoms with E-state index in [4.69, 9.17) is 33.5 Å². The Hall–Kier alpha value is -3.65. The molecule has 0 saturated heterocycles. The summed E-state index contributed by atoms with van der Waals surface area (Å²) < 4.78 is 27.4. The molecular weight excluding hydrogens is 416 g/mol. The first-order valence-electron chi connectivity index (χ1n) is 9.96. The van der Waals surface area contributed by atoms with Crippen LogP contribution in [0.3, 0.4) is 0 Å². The summed E-state index contributed by atoms with van der Waals surface area (Å²) in [5.74, 6) is 2.14. The maximum absolute atomic E-state index is 12.9. The van der Waals surface area contributed by atoms with E-state index in [9.17, 15) is 4.79 Å². The number of carbonyl (C=O) groups is 1. The average molecular weight is 440 g/mol. The highest BCUT2D eigenvalue weighted by Crippen LogP contribution is 2.44. The highest BCUT2D eigenvalue weighted by Gasteiger charge is 2.39. The third kappa shape index (κ3) is 3.97. The molecule has 0 aromatic heterocycles. The summed E-state index contributed by atoms with van der Waals surface area (Å²) in [4.78, 5) is 23.1. The first-order valence-corrected chi connectivity index (χ1v) is 9.96. The first kappa shape index (κ1) is 21.6. The Balaban J connectivity index is 1.79. The topological polar surface area (TPSA) is 81.7 Å². The minimum atomic E-state index is -0.590. The van der Waals surface area contributed by atoms with E-state index in [1.165, 1.54) is 0 Å². The summed E-state index contributed by atoms with van der Waals surface area (Å²) in [7, 11) is 6.27. The summed E-state index contributed by atoms with van der Waals surface area (Å²) in [5, 5.41) is 0. The Morgan fingerprint density at radius 3 is 2.16 bits per heavy atom. The number of cyclic esters (lactones) is 1. The van der Waals surface area contributed by atoms with Gasteiger partial charge >= 0.3 is 5.97 Å². The molecule has 2 aromatic rings. The lowest BCUT2D eigenvalue weighted by molar-refractivity contribution is -0.231. The van der Waals surface area contributed by atoms with E-state index in [1.807, 2.05) is 36.4 Å². The zero-order valence-corrected chi connectivity index (χ0v) is 18.3. The van der Waals surface area contributed by atoms with Crippen LogP contribution in [-0.2, 0) is 25.7 Å². The minimum absolute atomic E-state index is 0.261. The van der Waals surface area contributed by atoms with Crippen LogP contribution in [0.25, 0.3) is 0 Å². The van der Waals surface area contributed by atoms with Gasteiger partial charge in [-0.1, -0.05) is 12.1 Å². The fourth-order valence-electron chi connectivity index (χ4n) is 3.83. The molecule has 0 amide bonds. The predicted octanol–water partition coefficient (Wildman–Crippen LogP) is 3.70.